The normalized spacial score (nSPS) is 11.6. The van der Waals surface area contributed by atoms with E-state index in [0.717, 1.165) is 52.4 Å². The zero-order chi connectivity index (χ0) is 24.4. The summed E-state index contributed by atoms with van der Waals surface area (Å²) < 4.78 is 2.11. The molecule has 0 bridgehead atoms. The average molecular weight is 457 g/mol. The molecule has 4 aromatic rings. The van der Waals surface area contributed by atoms with Crippen molar-refractivity contribution in [3.05, 3.63) is 54.1 Å². The second-order valence-electron chi connectivity index (χ2n) is 9.97. The standard InChI is InChI=1S/C28H36N6/c1-17(2)12-29-23-10-8-21(14-31-23)25-19(5)20(6)26(28-27(25)33-16-34(28)7)22-9-11-24(32-15-22)30-13-18(3)4/h8-11,14-18H,12-13H2,1-7H3,(H,29,31)(H,30,32). The molecule has 0 atom stereocenters. The first kappa shape index (κ1) is 23.7. The van der Waals surface area contributed by atoms with Crippen LogP contribution in [0.4, 0.5) is 11.6 Å². The Bertz CT molecular complexity index is 1270. The van der Waals surface area contributed by atoms with E-state index >= 15 is 0 Å². The summed E-state index contributed by atoms with van der Waals surface area (Å²) in [5.41, 5.74) is 9.06. The molecule has 0 spiro atoms. The number of hydrogen-bond acceptors (Lipinski definition) is 5. The van der Waals surface area contributed by atoms with E-state index in [1.807, 2.05) is 18.7 Å². The van der Waals surface area contributed by atoms with E-state index in [1.54, 1.807) is 0 Å². The fraction of sp³-hybridized carbons (Fsp3) is 0.393. The van der Waals surface area contributed by atoms with E-state index < -0.39 is 0 Å². The highest BCUT2D eigenvalue weighted by molar-refractivity contribution is 6.04. The largest absolute Gasteiger partial charge is 0.370 e. The summed E-state index contributed by atoms with van der Waals surface area (Å²) in [7, 11) is 2.06. The number of aromatic nitrogens is 4. The summed E-state index contributed by atoms with van der Waals surface area (Å²) in [5.74, 6) is 2.95. The molecule has 0 radical (unpaired) electrons. The van der Waals surface area contributed by atoms with Crippen molar-refractivity contribution < 1.29 is 0 Å². The lowest BCUT2D eigenvalue weighted by Gasteiger charge is -2.18. The minimum atomic E-state index is 0.571. The van der Waals surface area contributed by atoms with Crippen LogP contribution in [0.2, 0.25) is 0 Å². The van der Waals surface area contributed by atoms with Crippen LogP contribution in [0.1, 0.15) is 38.8 Å². The molecule has 4 rings (SSSR count). The van der Waals surface area contributed by atoms with Crippen LogP contribution in [0.25, 0.3) is 33.3 Å². The summed E-state index contributed by atoms with van der Waals surface area (Å²) in [6, 6.07) is 8.42. The Morgan fingerprint density at radius 2 is 1.24 bits per heavy atom. The number of rotatable bonds is 8. The zero-order valence-electron chi connectivity index (χ0n) is 21.4. The Hall–Kier alpha value is -3.41. The monoisotopic (exact) mass is 456 g/mol. The van der Waals surface area contributed by atoms with Crippen molar-refractivity contribution in [3.63, 3.8) is 0 Å². The van der Waals surface area contributed by atoms with Crippen LogP contribution in [0.3, 0.4) is 0 Å². The van der Waals surface area contributed by atoms with Gasteiger partial charge >= 0.3 is 0 Å². The third kappa shape index (κ3) is 4.76. The molecular weight excluding hydrogens is 420 g/mol. The minimum Gasteiger partial charge on any atom is -0.370 e. The number of imidazole rings is 1. The van der Waals surface area contributed by atoms with E-state index in [0.29, 0.717) is 11.8 Å². The summed E-state index contributed by atoms with van der Waals surface area (Å²) in [6.07, 6.45) is 5.82. The first-order chi connectivity index (χ1) is 16.3. The van der Waals surface area contributed by atoms with Crippen molar-refractivity contribution in [2.75, 3.05) is 23.7 Å². The van der Waals surface area contributed by atoms with Gasteiger partial charge in [-0.2, -0.15) is 0 Å². The average Bonchev–Trinajstić information content (AvgIpc) is 3.19. The maximum atomic E-state index is 4.82. The number of pyridine rings is 2. The molecule has 0 aliphatic carbocycles. The Morgan fingerprint density at radius 3 is 1.71 bits per heavy atom. The maximum Gasteiger partial charge on any atom is 0.125 e. The highest BCUT2D eigenvalue weighted by Gasteiger charge is 2.20. The predicted molar refractivity (Wildman–Crippen MR) is 143 cm³/mol. The molecular formula is C28H36N6. The van der Waals surface area contributed by atoms with Crippen LogP contribution < -0.4 is 10.6 Å². The Morgan fingerprint density at radius 1 is 0.735 bits per heavy atom. The van der Waals surface area contributed by atoms with Gasteiger partial charge in [-0.15, -0.1) is 0 Å². The van der Waals surface area contributed by atoms with Gasteiger partial charge in [0.25, 0.3) is 0 Å². The van der Waals surface area contributed by atoms with Gasteiger partial charge in [0.2, 0.25) is 0 Å². The van der Waals surface area contributed by atoms with E-state index in [2.05, 4.69) is 98.0 Å². The van der Waals surface area contributed by atoms with Gasteiger partial charge in [-0.1, -0.05) is 27.7 Å². The smallest absolute Gasteiger partial charge is 0.125 e. The van der Waals surface area contributed by atoms with Crippen LogP contribution in [0, 0.1) is 25.7 Å². The maximum absolute atomic E-state index is 4.82. The second-order valence-corrected chi connectivity index (χ2v) is 9.97. The lowest BCUT2D eigenvalue weighted by molar-refractivity contribution is 0.687. The molecule has 0 fully saturated rings. The molecule has 34 heavy (non-hydrogen) atoms. The molecule has 0 aliphatic heterocycles. The van der Waals surface area contributed by atoms with Crippen LogP contribution >= 0.6 is 0 Å². The molecule has 3 aromatic heterocycles. The predicted octanol–water partition coefficient (Wildman–Crippen LogP) is 6.45. The lowest BCUT2D eigenvalue weighted by Crippen LogP contribution is -2.09. The topological polar surface area (TPSA) is 67.7 Å². The van der Waals surface area contributed by atoms with Gasteiger partial charge in [-0.05, 0) is 61.1 Å². The zero-order valence-corrected chi connectivity index (χ0v) is 21.4. The summed E-state index contributed by atoms with van der Waals surface area (Å²) in [5, 5.41) is 6.80. The summed E-state index contributed by atoms with van der Waals surface area (Å²) in [4.78, 5) is 14.2. The van der Waals surface area contributed by atoms with E-state index in [4.69, 9.17) is 4.98 Å². The van der Waals surface area contributed by atoms with Crippen LogP contribution in [0.15, 0.2) is 43.0 Å². The van der Waals surface area contributed by atoms with Crippen molar-refractivity contribution in [2.24, 2.45) is 18.9 Å². The van der Waals surface area contributed by atoms with E-state index in [9.17, 15) is 0 Å². The number of fused-ring (bicyclic) bond motifs is 1. The van der Waals surface area contributed by atoms with Gasteiger partial charge in [-0.25, -0.2) is 15.0 Å². The fourth-order valence-corrected chi connectivity index (χ4v) is 4.25. The van der Waals surface area contributed by atoms with Crippen LogP contribution in [-0.2, 0) is 7.05 Å². The quantitative estimate of drug-likeness (QED) is 0.319. The van der Waals surface area contributed by atoms with E-state index in [1.165, 1.54) is 16.7 Å². The molecule has 0 amide bonds. The molecule has 0 aliphatic rings. The molecule has 2 N–H and O–H groups in total. The molecule has 178 valence electrons. The number of nitrogens with zero attached hydrogens (tertiary/aromatic N) is 4. The number of nitrogens with one attached hydrogen (secondary N) is 2. The summed E-state index contributed by atoms with van der Waals surface area (Å²) in [6.45, 7) is 15.0. The number of hydrogen-bond donors (Lipinski definition) is 2. The molecule has 0 saturated carbocycles. The number of benzene rings is 1. The van der Waals surface area contributed by atoms with Gasteiger partial charge in [0.1, 0.15) is 11.6 Å². The van der Waals surface area contributed by atoms with Crippen molar-refractivity contribution in [3.8, 4) is 22.3 Å². The Kier molecular flexibility index (Phi) is 6.87. The van der Waals surface area contributed by atoms with Crippen molar-refractivity contribution in [2.45, 2.75) is 41.5 Å². The minimum absolute atomic E-state index is 0.571. The van der Waals surface area contributed by atoms with Crippen molar-refractivity contribution in [1.82, 2.24) is 19.5 Å². The van der Waals surface area contributed by atoms with Gasteiger partial charge < -0.3 is 15.2 Å². The van der Waals surface area contributed by atoms with Gasteiger partial charge in [-0.3, -0.25) is 0 Å². The Labute approximate surface area is 202 Å². The van der Waals surface area contributed by atoms with Crippen molar-refractivity contribution >= 4 is 22.7 Å². The second kappa shape index (κ2) is 9.84. The lowest BCUT2D eigenvalue weighted by atomic mass is 9.89. The third-order valence-electron chi connectivity index (χ3n) is 6.21. The highest BCUT2D eigenvalue weighted by Crippen LogP contribution is 2.40. The van der Waals surface area contributed by atoms with E-state index in [-0.39, 0.29) is 0 Å². The van der Waals surface area contributed by atoms with Crippen LogP contribution in [-0.4, -0.2) is 32.6 Å². The van der Waals surface area contributed by atoms with Crippen molar-refractivity contribution in [1.29, 1.82) is 0 Å². The molecule has 6 heteroatoms. The fourth-order valence-electron chi connectivity index (χ4n) is 4.25. The summed E-state index contributed by atoms with van der Waals surface area (Å²) >= 11 is 0. The molecule has 3 heterocycles. The number of aryl methyl sites for hydroxylation is 1. The Balaban J connectivity index is 1.77. The molecule has 0 unspecified atom stereocenters. The van der Waals surface area contributed by atoms with Gasteiger partial charge in [0.05, 0.1) is 17.4 Å². The van der Waals surface area contributed by atoms with Gasteiger partial charge in [0, 0.05) is 54.8 Å². The molecule has 6 nitrogen and oxygen atoms in total. The first-order valence-electron chi connectivity index (χ1n) is 12.1. The molecule has 1 aromatic carbocycles. The van der Waals surface area contributed by atoms with Gasteiger partial charge in [0.15, 0.2) is 0 Å². The highest BCUT2D eigenvalue weighted by atomic mass is 15.0. The van der Waals surface area contributed by atoms with Crippen LogP contribution in [0.5, 0.6) is 0 Å². The third-order valence-corrected chi connectivity index (χ3v) is 6.21. The number of anilines is 2. The molecule has 0 saturated heterocycles. The first-order valence-corrected chi connectivity index (χ1v) is 12.1. The SMILES string of the molecule is Cc1c(C)c(-c2ccc(NCC(C)C)nc2)c2c(ncn2C)c1-c1ccc(NCC(C)C)nc1.